The van der Waals surface area contributed by atoms with Crippen molar-refractivity contribution in [3.05, 3.63) is 35.9 Å². The average molecular weight is 338 g/mol. The molecule has 8 N–H and O–H groups in total. The Hall–Kier alpha value is -2.00. The Morgan fingerprint density at radius 2 is 1.79 bits per heavy atom. The second-order valence-corrected chi connectivity index (χ2v) is 5.57. The second-order valence-electron chi connectivity index (χ2n) is 5.57. The third kappa shape index (κ3) is 8.02. The van der Waals surface area contributed by atoms with Crippen molar-refractivity contribution in [3.8, 4) is 0 Å². The minimum atomic E-state index is -1.14. The van der Waals surface area contributed by atoms with Crippen LogP contribution >= 0.6 is 0 Å². The van der Waals surface area contributed by atoms with Gasteiger partial charge in [0.25, 0.3) is 0 Å². The van der Waals surface area contributed by atoms with Crippen LogP contribution in [-0.2, 0) is 16.0 Å². The summed E-state index contributed by atoms with van der Waals surface area (Å²) in [6, 6.07) is 7.84. The molecule has 0 aromatic heterocycles. The number of carboxylic acid groups (broad SMARTS) is 1. The van der Waals surface area contributed by atoms with Gasteiger partial charge in [0.1, 0.15) is 6.04 Å². The first-order valence-corrected chi connectivity index (χ1v) is 7.90. The highest BCUT2D eigenvalue weighted by Gasteiger charge is 2.22. The zero-order valence-corrected chi connectivity index (χ0v) is 13.5. The first kappa shape index (κ1) is 20.0. The number of rotatable bonds is 11. The molecule has 8 heteroatoms. The molecule has 0 aliphatic heterocycles. The summed E-state index contributed by atoms with van der Waals surface area (Å²) in [5, 5.41) is 23.0. The molecule has 0 aliphatic rings. The van der Waals surface area contributed by atoms with Crippen LogP contribution < -0.4 is 22.1 Å². The number of aliphatic carboxylic acids is 1. The van der Waals surface area contributed by atoms with E-state index in [0.29, 0.717) is 25.8 Å². The largest absolute Gasteiger partial charge is 0.480 e. The molecule has 1 aromatic rings. The van der Waals surface area contributed by atoms with Crippen molar-refractivity contribution in [2.24, 2.45) is 11.5 Å². The van der Waals surface area contributed by atoms with E-state index in [2.05, 4.69) is 10.6 Å². The standard InChI is InChI=1S/C16H26N4O4/c17-12(9-8-11-5-2-1-3-6-11)14(21)20-13(15(22)23)7-4-10-19-16(18)24/h1-3,5-6,12-13,16,19,24H,4,7-10,17-18H2,(H,20,21)(H,22,23)/t12-,13-,16?/m0/s1. The minimum Gasteiger partial charge on any atom is -0.480 e. The Bertz CT molecular complexity index is 510. The van der Waals surface area contributed by atoms with E-state index in [1.807, 2.05) is 30.3 Å². The number of carboxylic acids is 1. The number of carbonyl (C=O) groups excluding carboxylic acids is 1. The van der Waals surface area contributed by atoms with Gasteiger partial charge in [-0.15, -0.1) is 0 Å². The first-order valence-electron chi connectivity index (χ1n) is 7.90. The van der Waals surface area contributed by atoms with Crippen molar-refractivity contribution in [1.29, 1.82) is 0 Å². The summed E-state index contributed by atoms with van der Waals surface area (Å²) < 4.78 is 0. The van der Waals surface area contributed by atoms with Crippen molar-refractivity contribution in [3.63, 3.8) is 0 Å². The maximum atomic E-state index is 12.0. The Morgan fingerprint density at radius 1 is 1.12 bits per heavy atom. The van der Waals surface area contributed by atoms with Gasteiger partial charge in [0.05, 0.1) is 6.04 Å². The lowest BCUT2D eigenvalue weighted by atomic mass is 10.0. The molecule has 3 atom stereocenters. The zero-order valence-electron chi connectivity index (χ0n) is 13.5. The van der Waals surface area contributed by atoms with Crippen LogP contribution in [0.1, 0.15) is 24.8 Å². The van der Waals surface area contributed by atoms with Crippen molar-refractivity contribution in [1.82, 2.24) is 10.6 Å². The Kier molecular flexibility index (Phi) is 8.95. The van der Waals surface area contributed by atoms with E-state index in [0.717, 1.165) is 5.56 Å². The summed E-state index contributed by atoms with van der Waals surface area (Å²) in [5.74, 6) is -1.60. The van der Waals surface area contributed by atoms with Crippen molar-refractivity contribution >= 4 is 11.9 Å². The fourth-order valence-corrected chi connectivity index (χ4v) is 2.19. The van der Waals surface area contributed by atoms with Crippen LogP contribution in [0.15, 0.2) is 30.3 Å². The number of nitrogens with two attached hydrogens (primary N) is 2. The molecular weight excluding hydrogens is 312 g/mol. The molecule has 0 aliphatic carbocycles. The minimum absolute atomic E-state index is 0.214. The van der Waals surface area contributed by atoms with E-state index in [1.165, 1.54) is 0 Å². The van der Waals surface area contributed by atoms with Gasteiger partial charge in [-0.1, -0.05) is 30.3 Å². The Labute approximate surface area is 141 Å². The van der Waals surface area contributed by atoms with Gasteiger partial charge in [0, 0.05) is 0 Å². The van der Waals surface area contributed by atoms with Gasteiger partial charge in [0.2, 0.25) is 5.91 Å². The van der Waals surface area contributed by atoms with Crippen LogP contribution in [-0.4, -0.2) is 47.1 Å². The summed E-state index contributed by atoms with van der Waals surface area (Å²) in [6.45, 7) is 0.345. The van der Waals surface area contributed by atoms with Crippen molar-refractivity contribution < 1.29 is 19.8 Å². The van der Waals surface area contributed by atoms with E-state index in [1.54, 1.807) is 0 Å². The molecule has 0 bridgehead atoms. The number of aryl methyl sites for hydroxylation is 1. The monoisotopic (exact) mass is 338 g/mol. The Morgan fingerprint density at radius 3 is 2.38 bits per heavy atom. The third-order valence-electron chi connectivity index (χ3n) is 3.56. The molecule has 134 valence electrons. The Balaban J connectivity index is 2.38. The summed E-state index contributed by atoms with van der Waals surface area (Å²) >= 11 is 0. The van der Waals surface area contributed by atoms with E-state index < -0.39 is 30.3 Å². The lowest BCUT2D eigenvalue weighted by Gasteiger charge is -2.18. The van der Waals surface area contributed by atoms with E-state index in [4.69, 9.17) is 16.6 Å². The summed E-state index contributed by atoms with van der Waals surface area (Å²) in [7, 11) is 0. The zero-order chi connectivity index (χ0) is 17.9. The molecule has 0 saturated carbocycles. The molecule has 0 fully saturated rings. The molecule has 1 amide bonds. The van der Waals surface area contributed by atoms with Gasteiger partial charge < -0.3 is 21.3 Å². The highest BCUT2D eigenvalue weighted by molar-refractivity contribution is 5.86. The quantitative estimate of drug-likeness (QED) is 0.226. The average Bonchev–Trinajstić information content (AvgIpc) is 2.55. The van der Waals surface area contributed by atoms with Crippen LogP contribution in [0, 0.1) is 0 Å². The number of amides is 1. The van der Waals surface area contributed by atoms with Crippen LogP contribution in [0.25, 0.3) is 0 Å². The van der Waals surface area contributed by atoms with Crippen molar-refractivity contribution in [2.75, 3.05) is 6.54 Å². The lowest BCUT2D eigenvalue weighted by molar-refractivity contribution is -0.142. The second kappa shape index (κ2) is 10.7. The molecule has 0 spiro atoms. The van der Waals surface area contributed by atoms with E-state index in [-0.39, 0.29) is 6.42 Å². The van der Waals surface area contributed by atoms with Crippen molar-refractivity contribution in [2.45, 2.75) is 44.1 Å². The number of hydrogen-bond donors (Lipinski definition) is 6. The molecule has 1 aromatic carbocycles. The van der Waals surface area contributed by atoms with Crippen LogP contribution in [0.4, 0.5) is 0 Å². The summed E-state index contributed by atoms with van der Waals surface area (Å²) in [5.41, 5.74) is 12.0. The topological polar surface area (TPSA) is 151 Å². The number of aliphatic hydroxyl groups is 1. The maximum Gasteiger partial charge on any atom is 0.326 e. The first-order chi connectivity index (χ1) is 11.4. The summed E-state index contributed by atoms with van der Waals surface area (Å²) in [4.78, 5) is 23.3. The maximum absolute atomic E-state index is 12.0. The number of benzene rings is 1. The predicted molar refractivity (Wildman–Crippen MR) is 89.7 cm³/mol. The van der Waals surface area contributed by atoms with Gasteiger partial charge in [-0.3, -0.25) is 15.8 Å². The van der Waals surface area contributed by atoms with Gasteiger partial charge in [-0.05, 0) is 37.8 Å². The molecule has 1 rings (SSSR count). The third-order valence-corrected chi connectivity index (χ3v) is 3.56. The van der Waals surface area contributed by atoms with Crippen LogP contribution in [0.3, 0.4) is 0 Å². The highest BCUT2D eigenvalue weighted by Crippen LogP contribution is 2.05. The molecule has 0 radical (unpaired) electrons. The number of nitrogens with one attached hydrogen (secondary N) is 2. The SMILES string of the molecule is NC(O)NCCC[C@H](NC(=O)[C@@H](N)CCc1ccccc1)C(=O)O. The highest BCUT2D eigenvalue weighted by atomic mass is 16.4. The van der Waals surface area contributed by atoms with E-state index in [9.17, 15) is 14.7 Å². The molecule has 0 heterocycles. The van der Waals surface area contributed by atoms with Gasteiger partial charge in [-0.25, -0.2) is 4.79 Å². The van der Waals surface area contributed by atoms with Crippen LogP contribution in [0.5, 0.6) is 0 Å². The fraction of sp³-hybridized carbons (Fsp3) is 0.500. The normalized spacial score (nSPS) is 14.6. The van der Waals surface area contributed by atoms with Crippen LogP contribution in [0.2, 0.25) is 0 Å². The van der Waals surface area contributed by atoms with Gasteiger partial charge >= 0.3 is 5.97 Å². The number of aliphatic hydroxyl groups excluding tert-OH is 1. The number of carbonyl (C=O) groups is 2. The van der Waals surface area contributed by atoms with E-state index >= 15 is 0 Å². The van der Waals surface area contributed by atoms with Gasteiger partial charge in [-0.2, -0.15) is 0 Å². The smallest absolute Gasteiger partial charge is 0.326 e. The predicted octanol–water partition coefficient (Wildman–Crippen LogP) is -0.880. The lowest BCUT2D eigenvalue weighted by Crippen LogP contribution is -2.48. The molecule has 8 nitrogen and oxygen atoms in total. The molecule has 24 heavy (non-hydrogen) atoms. The molecule has 0 saturated heterocycles. The summed E-state index contributed by atoms with van der Waals surface area (Å²) in [6.07, 6.45) is 0.584. The van der Waals surface area contributed by atoms with Gasteiger partial charge in [0.15, 0.2) is 6.35 Å². The number of hydrogen-bond acceptors (Lipinski definition) is 6. The molecule has 1 unspecified atom stereocenters. The fourth-order valence-electron chi connectivity index (χ4n) is 2.19. The molecular formula is C16H26N4O4.